The second kappa shape index (κ2) is 15.3. The van der Waals surface area contributed by atoms with Crippen molar-refractivity contribution in [1.82, 2.24) is 24.9 Å². The molecule has 1 aliphatic carbocycles. The van der Waals surface area contributed by atoms with E-state index in [1.807, 2.05) is 12.1 Å². The van der Waals surface area contributed by atoms with Crippen LogP contribution >= 0.6 is 11.6 Å². The van der Waals surface area contributed by atoms with E-state index in [9.17, 15) is 24.0 Å². The van der Waals surface area contributed by atoms with E-state index in [0.29, 0.717) is 65.6 Å². The second-order valence-electron chi connectivity index (χ2n) is 16.4. The van der Waals surface area contributed by atoms with E-state index in [1.54, 1.807) is 42.5 Å². The zero-order valence-corrected chi connectivity index (χ0v) is 32.7. The average Bonchev–Trinajstić information content (AvgIpc) is 3.48. The Morgan fingerprint density at radius 2 is 1.57 bits per heavy atom. The fraction of sp³-hybridized carbons (Fsp3) is 0.476. The molecule has 6 fully saturated rings. The van der Waals surface area contributed by atoms with Crippen LogP contribution in [0.3, 0.4) is 0 Å². The quantitative estimate of drug-likeness (QED) is 0.309. The summed E-state index contributed by atoms with van der Waals surface area (Å²) in [5.74, 6) is -0.470. The molecule has 10 rings (SSSR count). The number of primary amides is 1. The topological polar surface area (TPSA) is 186 Å². The number of anilines is 2. The molecule has 3 aromatic rings. The lowest BCUT2D eigenvalue weighted by molar-refractivity contribution is -0.155. The van der Waals surface area contributed by atoms with Gasteiger partial charge >= 0.3 is 0 Å². The van der Waals surface area contributed by atoms with Gasteiger partial charge in [-0.3, -0.25) is 38.7 Å². The average molecular weight is 806 g/mol. The van der Waals surface area contributed by atoms with Crippen LogP contribution in [-0.2, 0) is 9.59 Å². The third kappa shape index (κ3) is 6.91. The number of carbonyl (C=O) groups excluding carboxylic acids is 5. The molecule has 300 valence electrons. The predicted molar refractivity (Wildman–Crippen MR) is 211 cm³/mol. The first kappa shape index (κ1) is 38.0. The number of likely N-dealkylation sites (tertiary alicyclic amines) is 1. The molecule has 0 radical (unpaired) electrons. The van der Waals surface area contributed by atoms with E-state index in [1.165, 1.54) is 4.90 Å². The number of carbonyl (C=O) groups is 5. The van der Waals surface area contributed by atoms with Crippen molar-refractivity contribution < 1.29 is 28.7 Å². The number of nitrogens with two attached hydrogens (primary N) is 1. The molecule has 5 saturated heterocycles. The molecule has 7 heterocycles. The number of halogens is 1. The first-order valence-electron chi connectivity index (χ1n) is 20.2. The number of piperidine rings is 3. The first-order valence-corrected chi connectivity index (χ1v) is 20.6. The van der Waals surface area contributed by atoms with Gasteiger partial charge in [0.1, 0.15) is 17.9 Å². The molecular formula is C42H44ClN9O6. The summed E-state index contributed by atoms with van der Waals surface area (Å²) >= 11 is 6.18. The van der Waals surface area contributed by atoms with Crippen LogP contribution < -0.4 is 20.3 Å². The lowest BCUT2D eigenvalue weighted by Gasteiger charge is -2.58. The minimum Gasteiger partial charge on any atom is -0.490 e. The maximum Gasteiger partial charge on any atom is 0.269 e. The number of fused-ring (bicyclic) bond motifs is 3. The number of rotatable bonds is 9. The Morgan fingerprint density at radius 1 is 0.828 bits per heavy atom. The molecule has 2 N–H and O–H groups in total. The molecule has 15 nitrogen and oxygen atoms in total. The fourth-order valence-electron chi connectivity index (χ4n) is 9.88. The van der Waals surface area contributed by atoms with E-state index in [-0.39, 0.29) is 42.2 Å². The number of ether oxygens (including phenoxy) is 1. The number of aromatic nitrogens is 2. The Bertz CT molecular complexity index is 2200. The van der Waals surface area contributed by atoms with Crippen LogP contribution in [0.15, 0.2) is 48.5 Å². The highest BCUT2D eigenvalue weighted by molar-refractivity contribution is 6.31. The minimum atomic E-state index is -1.04. The summed E-state index contributed by atoms with van der Waals surface area (Å²) in [5, 5.41) is 17.6. The molecule has 6 aliphatic heterocycles. The molecule has 2 bridgehead atoms. The van der Waals surface area contributed by atoms with Crippen molar-refractivity contribution >= 4 is 52.6 Å². The number of nitrogens with zero attached hydrogens (tertiary/aromatic N) is 8. The van der Waals surface area contributed by atoms with Gasteiger partial charge in [0, 0.05) is 69.0 Å². The van der Waals surface area contributed by atoms with Gasteiger partial charge in [-0.2, -0.15) is 5.26 Å². The summed E-state index contributed by atoms with van der Waals surface area (Å²) in [5.41, 5.74) is 7.31. The van der Waals surface area contributed by atoms with Gasteiger partial charge in [0.05, 0.1) is 27.8 Å². The Hall–Kier alpha value is -5.59. The lowest BCUT2D eigenvalue weighted by atomic mass is 9.84. The molecule has 2 aromatic carbocycles. The maximum atomic E-state index is 14.0. The highest BCUT2D eigenvalue weighted by atomic mass is 35.5. The molecular weight excluding hydrogens is 762 g/mol. The highest BCUT2D eigenvalue weighted by Crippen LogP contribution is 2.39. The van der Waals surface area contributed by atoms with Gasteiger partial charge < -0.3 is 20.3 Å². The second-order valence-corrected chi connectivity index (χ2v) is 16.8. The molecule has 0 unspecified atom stereocenters. The smallest absolute Gasteiger partial charge is 0.269 e. The summed E-state index contributed by atoms with van der Waals surface area (Å²) in [6.45, 7) is 4.44. The fourth-order valence-corrected chi connectivity index (χ4v) is 10.1. The van der Waals surface area contributed by atoms with Crippen molar-refractivity contribution in [3.8, 4) is 11.8 Å². The van der Waals surface area contributed by atoms with E-state index in [0.717, 1.165) is 68.4 Å². The molecule has 1 saturated carbocycles. The molecule has 0 spiro atoms. The summed E-state index contributed by atoms with van der Waals surface area (Å²) in [6, 6.07) is 15.2. The number of hydrogen-bond donors (Lipinski definition) is 1. The van der Waals surface area contributed by atoms with Crippen LogP contribution in [0.25, 0.3) is 0 Å². The van der Waals surface area contributed by atoms with Crippen molar-refractivity contribution in [2.45, 2.75) is 88.1 Å². The van der Waals surface area contributed by atoms with Crippen LogP contribution in [0.4, 0.5) is 11.5 Å². The Morgan fingerprint density at radius 3 is 2.24 bits per heavy atom. The minimum absolute atomic E-state index is 0.0717. The van der Waals surface area contributed by atoms with Crippen LogP contribution in [0.2, 0.25) is 5.02 Å². The Balaban J connectivity index is 0.791. The van der Waals surface area contributed by atoms with Crippen molar-refractivity contribution in [3.05, 3.63) is 75.9 Å². The van der Waals surface area contributed by atoms with Crippen molar-refractivity contribution in [2.24, 2.45) is 11.7 Å². The lowest BCUT2D eigenvalue weighted by Crippen LogP contribution is -2.69. The van der Waals surface area contributed by atoms with Gasteiger partial charge in [-0.1, -0.05) is 11.6 Å². The van der Waals surface area contributed by atoms with Crippen LogP contribution in [-0.4, -0.2) is 117 Å². The standard InChI is InChI=1S/C42H44ClN9O6/c43-34-19-31(5-1-25(34)20-44)58-30-6-2-26(3-7-30)51-38(53)12-10-36(42(51)57)52-40(55)32-8-4-27(18-33(32)41(52)56)49-22-28-17-29(23-49)50(28)21-24-13-15-48(16-14-24)37-11-9-35(39(45)54)46-47-37/h1,4-5,8-9,11,18-19,24,26,28-30,36H,2-3,6-7,10,12-17,21-23H2,(H2,45,54)/t26?,28-,29-,30?,36-/m1/s1. The maximum absolute atomic E-state index is 14.0. The van der Waals surface area contributed by atoms with Crippen LogP contribution in [0, 0.1) is 17.2 Å². The highest BCUT2D eigenvalue weighted by Gasteiger charge is 2.50. The number of benzene rings is 2. The SMILES string of the molecule is N#Cc1ccc(OC2CCC(N3C(=O)CC[C@@H](N4C(=O)c5ccc(N6C[C@H]7C[C@H](C6)N7CC6CCN(c7ccc(C(N)=O)nn7)CC6)cc5C4=O)C3=O)CC2)cc1Cl. The van der Waals surface area contributed by atoms with E-state index in [4.69, 9.17) is 27.3 Å². The third-order valence-corrected chi connectivity index (χ3v) is 13.3. The summed E-state index contributed by atoms with van der Waals surface area (Å²) in [6.07, 6.45) is 5.51. The summed E-state index contributed by atoms with van der Waals surface area (Å²) < 4.78 is 6.11. The summed E-state index contributed by atoms with van der Waals surface area (Å²) in [7, 11) is 0. The van der Waals surface area contributed by atoms with Gasteiger partial charge in [-0.15, -0.1) is 10.2 Å². The third-order valence-electron chi connectivity index (χ3n) is 13.0. The zero-order valence-electron chi connectivity index (χ0n) is 32.0. The van der Waals surface area contributed by atoms with Crippen molar-refractivity contribution in [1.29, 1.82) is 5.26 Å². The largest absolute Gasteiger partial charge is 0.490 e. The van der Waals surface area contributed by atoms with Crippen LogP contribution in [0.5, 0.6) is 5.75 Å². The first-order chi connectivity index (χ1) is 28.1. The molecule has 58 heavy (non-hydrogen) atoms. The number of imide groups is 2. The van der Waals surface area contributed by atoms with Gasteiger partial charge in [-0.25, -0.2) is 0 Å². The van der Waals surface area contributed by atoms with E-state index < -0.39 is 29.7 Å². The van der Waals surface area contributed by atoms with Crippen molar-refractivity contribution in [2.75, 3.05) is 42.5 Å². The van der Waals surface area contributed by atoms with Gasteiger partial charge in [0.15, 0.2) is 11.5 Å². The molecule has 3 atom stereocenters. The van der Waals surface area contributed by atoms with Gasteiger partial charge in [0.2, 0.25) is 5.91 Å². The van der Waals surface area contributed by atoms with E-state index >= 15 is 0 Å². The number of hydrogen-bond acceptors (Lipinski definition) is 12. The number of amides is 5. The summed E-state index contributed by atoms with van der Waals surface area (Å²) in [4.78, 5) is 75.9. The molecule has 16 heteroatoms. The number of nitriles is 1. The van der Waals surface area contributed by atoms with Crippen LogP contribution in [0.1, 0.15) is 94.6 Å². The van der Waals surface area contributed by atoms with E-state index in [2.05, 4.69) is 24.9 Å². The van der Waals surface area contributed by atoms with Gasteiger partial charge in [0.25, 0.3) is 23.6 Å². The van der Waals surface area contributed by atoms with Crippen molar-refractivity contribution in [3.63, 3.8) is 0 Å². The Kier molecular flexibility index (Phi) is 10.0. The molecule has 5 amide bonds. The normalized spacial score (nSPS) is 26.4. The molecule has 7 aliphatic rings. The molecule has 1 aromatic heterocycles. The Labute approximate surface area is 340 Å². The zero-order chi connectivity index (χ0) is 40.2. The number of piperazine rings is 1. The predicted octanol–water partition coefficient (Wildman–Crippen LogP) is 3.78. The van der Waals surface area contributed by atoms with Gasteiger partial charge in [-0.05, 0) is 99.7 Å². The monoisotopic (exact) mass is 805 g/mol.